The summed E-state index contributed by atoms with van der Waals surface area (Å²) in [5.41, 5.74) is 0. The number of hydrogen-bond donors (Lipinski definition) is 0. The molecule has 0 unspecified atom stereocenters. The fraction of sp³-hybridized carbons (Fsp3) is 0.333. The first-order valence-electron chi connectivity index (χ1n) is 1.31. The summed E-state index contributed by atoms with van der Waals surface area (Å²) in [5, 5.41) is 0. The fourth-order valence-corrected chi connectivity index (χ4v) is 0.0786. The first-order chi connectivity index (χ1) is 2.41. The van der Waals surface area contributed by atoms with Gasteiger partial charge >= 0.3 is 0 Å². The summed E-state index contributed by atoms with van der Waals surface area (Å²) in [4.78, 5) is 0. The molecule has 0 heterocycles. The van der Waals surface area contributed by atoms with Crippen LogP contribution >= 0.6 is 0 Å². The molecule has 0 aromatic rings. The fourth-order valence-electron chi connectivity index (χ4n) is 0.0786. The molecule has 0 aromatic carbocycles. The third kappa shape index (κ3) is 3.60. The van der Waals surface area contributed by atoms with Gasteiger partial charge < -0.3 is 4.74 Å². The van der Waals surface area contributed by atoms with Crippen LogP contribution in [0.1, 0.15) is 0 Å². The Morgan fingerprint density at radius 1 is 1.80 bits per heavy atom. The molecule has 0 rings (SSSR count). The Labute approximate surface area is 33.0 Å². The van der Waals surface area contributed by atoms with E-state index >= 15 is 0 Å². The first kappa shape index (κ1) is 4.60. The summed E-state index contributed by atoms with van der Waals surface area (Å²) in [6, 6.07) is 0. The van der Waals surface area contributed by atoms with Crippen molar-refractivity contribution in [1.29, 1.82) is 0 Å². The molecule has 26 valence electrons. The van der Waals surface area contributed by atoms with Gasteiger partial charge in [-0.3, -0.25) is 0 Å². The second-order valence-electron chi connectivity index (χ2n) is 0.564. The Morgan fingerprint density at radius 3 is 2.40 bits per heavy atom. The van der Waals surface area contributed by atoms with Crippen LogP contribution in [0.25, 0.3) is 0 Å². The smallest absolute Gasteiger partial charge is 0.107 e. The number of hydrogen-bond acceptors (Lipinski definition) is 1. The largest absolute Gasteiger partial charge is 0.506 e. The molecule has 1 nitrogen and oxygen atoms in total. The molecule has 0 amide bonds. The van der Waals surface area contributed by atoms with E-state index in [1.165, 1.54) is 12.2 Å². The number of methoxy groups -OCH3 is 1. The summed E-state index contributed by atoms with van der Waals surface area (Å²) >= 11 is 0. The standard InChI is InChI=1S/C3H5BO/c1-5-3-2-4/h2-3H,1H3. The van der Waals surface area contributed by atoms with E-state index in [1.54, 1.807) is 7.11 Å². The third-order valence-corrected chi connectivity index (χ3v) is 0.215. The van der Waals surface area contributed by atoms with Gasteiger partial charge in [0.15, 0.2) is 0 Å². The van der Waals surface area contributed by atoms with Gasteiger partial charge in [-0.25, -0.2) is 0 Å². The molecule has 5 heavy (non-hydrogen) atoms. The van der Waals surface area contributed by atoms with E-state index in [9.17, 15) is 0 Å². The molecular weight excluding hydrogens is 62.8 g/mol. The highest BCUT2D eigenvalue weighted by Crippen LogP contribution is 1.60. The minimum absolute atomic E-state index is 1.33. The third-order valence-electron chi connectivity index (χ3n) is 0.215. The lowest BCUT2D eigenvalue weighted by molar-refractivity contribution is 0.339. The van der Waals surface area contributed by atoms with E-state index in [0.29, 0.717) is 0 Å². The average molecular weight is 67.9 g/mol. The highest BCUT2D eigenvalue weighted by molar-refractivity contribution is 6.16. The van der Waals surface area contributed by atoms with Gasteiger partial charge in [-0.2, -0.15) is 0 Å². The monoisotopic (exact) mass is 68.0 g/mol. The van der Waals surface area contributed by atoms with Crippen molar-refractivity contribution in [3.8, 4) is 0 Å². The summed E-state index contributed by atoms with van der Waals surface area (Å²) in [6.45, 7) is 0. The van der Waals surface area contributed by atoms with Gasteiger partial charge in [-0.15, -0.1) is 0 Å². The Morgan fingerprint density at radius 2 is 2.40 bits per heavy atom. The Kier molecular flexibility index (Phi) is 3.32. The molecule has 0 aliphatic rings. The molecule has 0 aliphatic heterocycles. The van der Waals surface area contributed by atoms with Gasteiger partial charge in [-0.1, -0.05) is 5.98 Å². The molecule has 2 heteroatoms. The van der Waals surface area contributed by atoms with Crippen LogP contribution in [-0.4, -0.2) is 15.0 Å². The predicted octanol–water partition coefficient (Wildman–Crippen LogP) is 0.272. The maximum Gasteiger partial charge on any atom is 0.107 e. The SMILES string of the molecule is [B]C=COC. The lowest BCUT2D eigenvalue weighted by Crippen LogP contribution is -1.60. The van der Waals surface area contributed by atoms with Crippen LogP contribution in [0.5, 0.6) is 0 Å². The molecule has 0 saturated heterocycles. The van der Waals surface area contributed by atoms with E-state index < -0.39 is 0 Å². The quantitative estimate of drug-likeness (QED) is 0.316. The van der Waals surface area contributed by atoms with Gasteiger partial charge in [0.1, 0.15) is 7.85 Å². The van der Waals surface area contributed by atoms with Crippen LogP contribution in [0.15, 0.2) is 12.2 Å². The second-order valence-corrected chi connectivity index (χ2v) is 0.564. The molecule has 0 aromatic heterocycles. The van der Waals surface area contributed by atoms with Crippen molar-refractivity contribution in [3.05, 3.63) is 12.2 Å². The maximum atomic E-state index is 4.83. The molecule has 0 atom stereocenters. The van der Waals surface area contributed by atoms with Crippen LogP contribution in [0, 0.1) is 0 Å². The van der Waals surface area contributed by atoms with E-state index in [-0.39, 0.29) is 0 Å². The predicted molar refractivity (Wildman–Crippen MR) is 21.9 cm³/mol. The highest BCUT2D eigenvalue weighted by atomic mass is 16.5. The van der Waals surface area contributed by atoms with Crippen LogP contribution in [0.3, 0.4) is 0 Å². The van der Waals surface area contributed by atoms with E-state index in [2.05, 4.69) is 4.74 Å². The molecule has 0 saturated carbocycles. The van der Waals surface area contributed by atoms with Gasteiger partial charge in [-0.05, 0) is 0 Å². The molecule has 0 aliphatic carbocycles. The number of rotatable bonds is 1. The molecule has 0 N–H and O–H groups in total. The van der Waals surface area contributed by atoms with Crippen LogP contribution in [-0.2, 0) is 4.74 Å². The van der Waals surface area contributed by atoms with Crippen LogP contribution in [0.2, 0.25) is 0 Å². The van der Waals surface area contributed by atoms with Crippen molar-refractivity contribution in [2.45, 2.75) is 0 Å². The van der Waals surface area contributed by atoms with Crippen molar-refractivity contribution in [2.75, 3.05) is 7.11 Å². The van der Waals surface area contributed by atoms with E-state index in [1.807, 2.05) is 0 Å². The van der Waals surface area contributed by atoms with Gasteiger partial charge in [0.2, 0.25) is 0 Å². The average Bonchev–Trinajstić information content (AvgIpc) is 1.41. The van der Waals surface area contributed by atoms with E-state index in [4.69, 9.17) is 7.85 Å². The summed E-state index contributed by atoms with van der Waals surface area (Å²) < 4.78 is 4.39. The lowest BCUT2D eigenvalue weighted by atomic mass is 10.2. The molecule has 0 spiro atoms. The van der Waals surface area contributed by atoms with Crippen molar-refractivity contribution >= 4 is 7.85 Å². The van der Waals surface area contributed by atoms with Crippen LogP contribution < -0.4 is 0 Å². The van der Waals surface area contributed by atoms with Crippen molar-refractivity contribution in [1.82, 2.24) is 0 Å². The Hall–Kier alpha value is -0.395. The van der Waals surface area contributed by atoms with Gasteiger partial charge in [0.05, 0.1) is 13.4 Å². The van der Waals surface area contributed by atoms with E-state index in [0.717, 1.165) is 0 Å². The summed E-state index contributed by atoms with van der Waals surface area (Å²) in [6.07, 6.45) is 1.40. The Bertz CT molecular complexity index is 33.9. The Balaban J connectivity index is 2.62. The molecule has 0 bridgehead atoms. The van der Waals surface area contributed by atoms with Crippen molar-refractivity contribution < 1.29 is 4.74 Å². The molecular formula is C3H5BO. The lowest BCUT2D eigenvalue weighted by Gasteiger charge is -1.77. The second kappa shape index (κ2) is 3.60. The topological polar surface area (TPSA) is 9.23 Å². The zero-order chi connectivity index (χ0) is 4.12. The molecule has 0 fully saturated rings. The minimum atomic E-state index is 1.33. The maximum absolute atomic E-state index is 4.83. The zero-order valence-corrected chi connectivity index (χ0v) is 3.14. The first-order valence-corrected chi connectivity index (χ1v) is 1.31. The van der Waals surface area contributed by atoms with Gasteiger partial charge in [0, 0.05) is 0 Å². The summed E-state index contributed by atoms with van der Waals surface area (Å²) in [7, 11) is 6.38. The highest BCUT2D eigenvalue weighted by Gasteiger charge is 1.47. The normalized spacial score (nSPS) is 9.00. The zero-order valence-electron chi connectivity index (χ0n) is 3.14. The van der Waals surface area contributed by atoms with Crippen molar-refractivity contribution in [3.63, 3.8) is 0 Å². The minimum Gasteiger partial charge on any atom is -0.506 e. The van der Waals surface area contributed by atoms with Crippen LogP contribution in [0.4, 0.5) is 0 Å². The molecule has 2 radical (unpaired) electrons. The van der Waals surface area contributed by atoms with Gasteiger partial charge in [0.25, 0.3) is 0 Å². The summed E-state index contributed by atoms with van der Waals surface area (Å²) in [5.74, 6) is 1.33. The van der Waals surface area contributed by atoms with Crippen molar-refractivity contribution in [2.24, 2.45) is 0 Å². The number of ether oxygens (including phenoxy) is 1.